The molecule has 0 unspecified atom stereocenters. The normalized spacial score (nSPS) is 10.1. The molecule has 12 nitrogen and oxygen atoms in total. The van der Waals surface area contributed by atoms with Gasteiger partial charge in [0.05, 0.1) is 22.8 Å². The molecule has 0 radical (unpaired) electrons. The third kappa shape index (κ3) is 19.5. The first kappa shape index (κ1) is 32.5. The molecule has 0 saturated carbocycles. The summed E-state index contributed by atoms with van der Waals surface area (Å²) in [7, 11) is -9.89. The predicted molar refractivity (Wildman–Crippen MR) is 94.9 cm³/mol. The summed E-state index contributed by atoms with van der Waals surface area (Å²) >= 11 is 0. The van der Waals surface area contributed by atoms with Gasteiger partial charge in [0.1, 0.15) is 0 Å². The second-order valence-corrected chi connectivity index (χ2v) is 7.13. The zero-order chi connectivity index (χ0) is 25.5. The van der Waals surface area contributed by atoms with Crippen LogP contribution in [0, 0.1) is 20.5 Å². The summed E-state index contributed by atoms with van der Waals surface area (Å²) in [5.41, 5.74) is 3.66. The Kier molecular flexibility index (Phi) is 15.8. The van der Waals surface area contributed by atoms with Crippen LogP contribution in [0.25, 0.3) is 22.8 Å². The molecule has 0 amide bonds. The number of aromatic nitrogens is 4. The van der Waals surface area contributed by atoms with Crippen LogP contribution in [-0.2, 0) is 20.4 Å². The number of pyridine rings is 4. The minimum atomic E-state index is -4.94. The van der Waals surface area contributed by atoms with Gasteiger partial charge in [0, 0.05) is 24.8 Å². The topological polar surface area (TPSA) is 236 Å². The Morgan fingerprint density at radius 1 is 0.371 bits per heavy atom. The number of rotatable bonds is 2. The number of hydrogen-bond donors (Lipinski definition) is 0. The van der Waals surface area contributed by atoms with Crippen molar-refractivity contribution in [3.63, 3.8) is 0 Å². The van der Waals surface area contributed by atoms with E-state index in [9.17, 15) is 0 Å². The van der Waals surface area contributed by atoms with Gasteiger partial charge in [-0.1, -0.05) is 24.3 Å². The van der Waals surface area contributed by atoms with Crippen molar-refractivity contribution in [2.75, 3.05) is 0 Å². The standard InChI is InChI=1S/2C10H8N2.2ClHO4.Pd/c2*1-3-7-11-9(5-1)10-6-2-4-8-12-10;2*2-1(3,4)5;/h2*1-8H;2*(H,2,3,4,5);/q;;;;+2/p-2. The Balaban J connectivity index is 0.000000475. The molecule has 35 heavy (non-hydrogen) atoms. The first-order valence-electron chi connectivity index (χ1n) is 8.82. The Bertz CT molecular complexity index is 873. The van der Waals surface area contributed by atoms with Gasteiger partial charge in [-0.25, -0.2) is 37.3 Å². The van der Waals surface area contributed by atoms with Crippen LogP contribution in [0.5, 0.6) is 0 Å². The molecule has 0 atom stereocenters. The van der Waals surface area contributed by atoms with E-state index >= 15 is 0 Å². The molecule has 0 N–H and O–H groups in total. The fraction of sp³-hybridized carbons (Fsp3) is 0. The van der Waals surface area contributed by atoms with Gasteiger partial charge in [-0.15, -0.1) is 20.5 Å². The first-order chi connectivity index (χ1) is 15.9. The Morgan fingerprint density at radius 2 is 0.543 bits per heavy atom. The van der Waals surface area contributed by atoms with Crippen molar-refractivity contribution >= 4 is 0 Å². The molecular formula is C20H16Cl2N4O8Pd. The van der Waals surface area contributed by atoms with Crippen molar-refractivity contribution in [1.82, 2.24) is 19.9 Å². The molecular weight excluding hydrogens is 602 g/mol. The Hall–Kier alpha value is -2.48. The van der Waals surface area contributed by atoms with E-state index < -0.39 is 20.5 Å². The van der Waals surface area contributed by atoms with Gasteiger partial charge in [-0.05, 0) is 48.5 Å². The van der Waals surface area contributed by atoms with E-state index in [-0.39, 0.29) is 20.4 Å². The number of hydrogen-bond acceptors (Lipinski definition) is 12. The SMILES string of the molecule is [O-][Cl+3]([O-])([O-])[O-].[O-][Cl+3]([O-])([O-])[O-].[Pd+2].c1ccc(-c2ccccn2)nc1.c1ccc(-c2ccccn2)nc1. The monoisotopic (exact) mass is 616 g/mol. The molecule has 0 spiro atoms. The fourth-order valence-electron chi connectivity index (χ4n) is 2.06. The van der Waals surface area contributed by atoms with Crippen LogP contribution in [0.4, 0.5) is 0 Å². The first-order valence-corrected chi connectivity index (χ1v) is 11.3. The summed E-state index contributed by atoms with van der Waals surface area (Å²) < 4.78 is 67.9. The molecule has 4 heterocycles. The van der Waals surface area contributed by atoms with Crippen LogP contribution >= 0.6 is 0 Å². The van der Waals surface area contributed by atoms with Crippen LogP contribution in [0.3, 0.4) is 0 Å². The summed E-state index contributed by atoms with van der Waals surface area (Å²) in [5, 5.41) is 0. The summed E-state index contributed by atoms with van der Waals surface area (Å²) in [4.78, 5) is 16.7. The largest absolute Gasteiger partial charge is 2.00 e. The molecule has 0 aliphatic carbocycles. The molecule has 0 bridgehead atoms. The molecule has 188 valence electrons. The summed E-state index contributed by atoms with van der Waals surface area (Å²) in [6, 6.07) is 23.2. The van der Waals surface area contributed by atoms with E-state index in [1.807, 2.05) is 72.8 Å². The van der Waals surface area contributed by atoms with E-state index in [1.165, 1.54) is 0 Å². The molecule has 15 heteroatoms. The van der Waals surface area contributed by atoms with Crippen LogP contribution < -0.4 is 37.3 Å². The molecule has 0 aliphatic rings. The second kappa shape index (κ2) is 17.0. The van der Waals surface area contributed by atoms with E-state index in [0.29, 0.717) is 0 Å². The van der Waals surface area contributed by atoms with Gasteiger partial charge >= 0.3 is 20.4 Å². The maximum atomic E-state index is 8.49. The summed E-state index contributed by atoms with van der Waals surface area (Å²) in [6.07, 6.45) is 7.07. The smallest absolute Gasteiger partial charge is 0.255 e. The minimum Gasteiger partial charge on any atom is -0.255 e. The summed E-state index contributed by atoms with van der Waals surface area (Å²) in [6.45, 7) is 0. The van der Waals surface area contributed by atoms with Gasteiger partial charge < -0.3 is 0 Å². The number of nitrogens with zero attached hydrogens (tertiary/aromatic N) is 4. The molecule has 4 aromatic rings. The van der Waals surface area contributed by atoms with Crippen molar-refractivity contribution < 1.29 is 78.2 Å². The van der Waals surface area contributed by atoms with E-state index in [4.69, 9.17) is 37.3 Å². The predicted octanol–water partition coefficient (Wildman–Crippen LogP) is -5.23. The van der Waals surface area contributed by atoms with Gasteiger partial charge in [0.15, 0.2) is 0 Å². The average Bonchev–Trinajstić information content (AvgIpc) is 2.80. The van der Waals surface area contributed by atoms with Crippen molar-refractivity contribution in [1.29, 1.82) is 0 Å². The van der Waals surface area contributed by atoms with Crippen molar-refractivity contribution in [3.8, 4) is 22.8 Å². The van der Waals surface area contributed by atoms with Gasteiger partial charge in [0.2, 0.25) is 0 Å². The molecule has 0 saturated heterocycles. The van der Waals surface area contributed by atoms with Gasteiger partial charge in [0.25, 0.3) is 0 Å². The molecule has 0 fully saturated rings. The van der Waals surface area contributed by atoms with Gasteiger partial charge in [-0.2, -0.15) is 0 Å². The van der Waals surface area contributed by atoms with Gasteiger partial charge in [-0.3, -0.25) is 19.9 Å². The van der Waals surface area contributed by atoms with Crippen LogP contribution in [0.15, 0.2) is 97.6 Å². The zero-order valence-electron chi connectivity index (χ0n) is 17.4. The third-order valence-electron chi connectivity index (χ3n) is 3.18. The van der Waals surface area contributed by atoms with Crippen molar-refractivity contribution in [2.45, 2.75) is 0 Å². The number of halogens is 2. The molecule has 4 rings (SSSR count). The third-order valence-corrected chi connectivity index (χ3v) is 3.18. The second-order valence-electron chi connectivity index (χ2n) is 5.62. The van der Waals surface area contributed by atoms with Crippen molar-refractivity contribution in [3.05, 3.63) is 97.6 Å². The molecule has 4 aromatic heterocycles. The van der Waals surface area contributed by atoms with Crippen LogP contribution in [0.2, 0.25) is 0 Å². The van der Waals surface area contributed by atoms with Crippen molar-refractivity contribution in [2.24, 2.45) is 0 Å². The van der Waals surface area contributed by atoms with E-state index in [2.05, 4.69) is 19.9 Å². The average molecular weight is 618 g/mol. The summed E-state index contributed by atoms with van der Waals surface area (Å²) in [5.74, 6) is 0. The van der Waals surface area contributed by atoms with E-state index in [1.54, 1.807) is 24.8 Å². The maximum Gasteiger partial charge on any atom is 2.00 e. The minimum absolute atomic E-state index is 0. The Morgan fingerprint density at radius 3 is 0.657 bits per heavy atom. The molecule has 0 aromatic carbocycles. The fourth-order valence-corrected chi connectivity index (χ4v) is 2.06. The van der Waals surface area contributed by atoms with E-state index in [0.717, 1.165) is 22.8 Å². The van der Waals surface area contributed by atoms with Crippen LogP contribution in [0.1, 0.15) is 0 Å². The maximum absolute atomic E-state index is 8.49. The zero-order valence-corrected chi connectivity index (χ0v) is 20.4. The Labute approximate surface area is 218 Å². The molecule has 0 aliphatic heterocycles. The quantitative estimate of drug-likeness (QED) is 0.192. The van der Waals surface area contributed by atoms with Crippen LogP contribution in [-0.4, -0.2) is 19.9 Å².